The van der Waals surface area contributed by atoms with Crippen molar-refractivity contribution >= 4 is 17.2 Å². The largest absolute Gasteiger partial charge is 0.383 e. The Bertz CT molecular complexity index is 349. The molecule has 1 amide bonds. The Hall–Kier alpha value is -0.910. The van der Waals surface area contributed by atoms with Crippen LogP contribution in [-0.4, -0.2) is 30.8 Å². The molecule has 0 aliphatic rings. The maximum Gasteiger partial charge on any atom is 0.220 e. The summed E-state index contributed by atoms with van der Waals surface area (Å²) in [5, 5.41) is 14.9. The highest BCUT2D eigenvalue weighted by Crippen LogP contribution is 2.24. The van der Waals surface area contributed by atoms with Crippen LogP contribution < -0.4 is 5.32 Å². The molecule has 0 aliphatic carbocycles. The average Bonchev–Trinajstić information content (AvgIpc) is 2.87. The third-order valence-electron chi connectivity index (χ3n) is 2.58. The second-order valence-corrected chi connectivity index (χ2v) is 5.28. The van der Waals surface area contributed by atoms with Gasteiger partial charge in [0, 0.05) is 24.5 Å². The van der Waals surface area contributed by atoms with Crippen molar-refractivity contribution in [3.05, 3.63) is 22.4 Å². The molecular weight excluding hydrogens is 250 g/mol. The second-order valence-electron chi connectivity index (χ2n) is 4.33. The van der Waals surface area contributed by atoms with Crippen LogP contribution in [0.15, 0.2) is 17.5 Å². The number of thiophene rings is 1. The number of carbonyl (C=O) groups excluding carboxylic acids is 1. The number of ether oxygens (including phenoxy) is 1. The highest BCUT2D eigenvalue weighted by Gasteiger charge is 2.24. The minimum Gasteiger partial charge on any atom is -0.383 e. The van der Waals surface area contributed by atoms with Crippen molar-refractivity contribution in [2.75, 3.05) is 19.8 Å². The van der Waals surface area contributed by atoms with Crippen molar-refractivity contribution in [3.63, 3.8) is 0 Å². The highest BCUT2D eigenvalue weighted by atomic mass is 32.1. The summed E-state index contributed by atoms with van der Waals surface area (Å²) in [6.45, 7) is 5.15. The fourth-order valence-electron chi connectivity index (χ4n) is 1.51. The number of hydrogen-bond donors (Lipinski definition) is 2. The van der Waals surface area contributed by atoms with Crippen molar-refractivity contribution in [2.45, 2.75) is 32.3 Å². The van der Waals surface area contributed by atoms with E-state index in [9.17, 15) is 9.90 Å². The van der Waals surface area contributed by atoms with Gasteiger partial charge in [0.05, 0.1) is 6.54 Å². The first-order valence-electron chi connectivity index (χ1n) is 6.17. The molecule has 1 atom stereocenters. The van der Waals surface area contributed by atoms with Crippen LogP contribution in [0.3, 0.4) is 0 Å². The molecule has 1 rings (SSSR count). The minimum atomic E-state index is -0.996. The zero-order valence-electron chi connectivity index (χ0n) is 10.9. The molecule has 2 N–H and O–H groups in total. The van der Waals surface area contributed by atoms with Crippen LogP contribution in [0, 0.1) is 0 Å². The first-order valence-corrected chi connectivity index (χ1v) is 7.05. The molecule has 0 saturated heterocycles. The third kappa shape index (κ3) is 5.16. The topological polar surface area (TPSA) is 58.6 Å². The van der Waals surface area contributed by atoms with E-state index >= 15 is 0 Å². The van der Waals surface area contributed by atoms with Gasteiger partial charge < -0.3 is 15.2 Å². The van der Waals surface area contributed by atoms with E-state index in [1.54, 1.807) is 6.92 Å². The van der Waals surface area contributed by atoms with Gasteiger partial charge in [-0.1, -0.05) is 6.07 Å². The van der Waals surface area contributed by atoms with Crippen molar-refractivity contribution in [3.8, 4) is 0 Å². The van der Waals surface area contributed by atoms with E-state index < -0.39 is 5.60 Å². The zero-order chi connectivity index (χ0) is 13.4. The molecule has 0 aliphatic heterocycles. The number of rotatable bonds is 8. The number of nitrogens with one attached hydrogen (secondary N) is 1. The maximum absolute atomic E-state index is 11.5. The van der Waals surface area contributed by atoms with E-state index in [4.69, 9.17) is 4.74 Å². The molecule has 102 valence electrons. The SMILES string of the molecule is CCOCCCC(=O)NCC(C)(O)c1cccs1. The van der Waals surface area contributed by atoms with E-state index in [0.29, 0.717) is 26.1 Å². The van der Waals surface area contributed by atoms with Gasteiger partial charge in [0.15, 0.2) is 0 Å². The average molecular weight is 271 g/mol. The van der Waals surface area contributed by atoms with E-state index in [2.05, 4.69) is 5.32 Å². The van der Waals surface area contributed by atoms with Gasteiger partial charge >= 0.3 is 0 Å². The second kappa shape index (κ2) is 7.51. The molecule has 1 heterocycles. The maximum atomic E-state index is 11.5. The van der Waals surface area contributed by atoms with E-state index in [1.165, 1.54) is 11.3 Å². The van der Waals surface area contributed by atoms with Crippen molar-refractivity contribution < 1.29 is 14.6 Å². The van der Waals surface area contributed by atoms with Crippen LogP contribution in [0.1, 0.15) is 31.6 Å². The smallest absolute Gasteiger partial charge is 0.220 e. The Morgan fingerprint density at radius 2 is 2.39 bits per heavy atom. The van der Waals surface area contributed by atoms with Gasteiger partial charge in [0.25, 0.3) is 0 Å². The van der Waals surface area contributed by atoms with E-state index in [-0.39, 0.29) is 12.5 Å². The fourth-order valence-corrected chi connectivity index (χ4v) is 2.30. The quantitative estimate of drug-likeness (QED) is 0.710. The molecular formula is C13H21NO3S. The molecule has 0 saturated carbocycles. The van der Waals surface area contributed by atoms with Crippen molar-refractivity contribution in [2.24, 2.45) is 0 Å². The van der Waals surface area contributed by atoms with Gasteiger partial charge in [0.1, 0.15) is 5.60 Å². The van der Waals surface area contributed by atoms with E-state index in [0.717, 1.165) is 4.88 Å². The highest BCUT2D eigenvalue weighted by molar-refractivity contribution is 7.10. The fraction of sp³-hybridized carbons (Fsp3) is 0.615. The van der Waals surface area contributed by atoms with E-state index in [1.807, 2.05) is 24.4 Å². The summed E-state index contributed by atoms with van der Waals surface area (Å²) in [7, 11) is 0. The molecule has 0 bridgehead atoms. The van der Waals surface area contributed by atoms with Gasteiger partial charge in [0.2, 0.25) is 5.91 Å². The number of hydrogen-bond acceptors (Lipinski definition) is 4. The molecule has 1 aromatic heterocycles. The summed E-state index contributed by atoms with van der Waals surface area (Å²) in [4.78, 5) is 12.4. The van der Waals surface area contributed by atoms with Crippen molar-refractivity contribution in [1.29, 1.82) is 0 Å². The summed E-state index contributed by atoms with van der Waals surface area (Å²) in [5.74, 6) is -0.0495. The Labute approximate surface area is 112 Å². The van der Waals surface area contributed by atoms with Crippen LogP contribution in [0.4, 0.5) is 0 Å². The molecule has 1 unspecified atom stereocenters. The molecule has 1 aromatic rings. The van der Waals surface area contributed by atoms with Gasteiger partial charge in [-0.15, -0.1) is 11.3 Å². The van der Waals surface area contributed by atoms with Crippen molar-refractivity contribution in [1.82, 2.24) is 5.32 Å². The van der Waals surface area contributed by atoms with Crippen LogP contribution >= 0.6 is 11.3 Å². The normalized spacial score (nSPS) is 14.2. The first-order chi connectivity index (χ1) is 8.56. The van der Waals surface area contributed by atoms with Gasteiger partial charge in [-0.05, 0) is 31.7 Å². The Kier molecular flexibility index (Phi) is 6.32. The number of carbonyl (C=O) groups is 1. The Morgan fingerprint density at radius 3 is 3.00 bits per heavy atom. The summed E-state index contributed by atoms with van der Waals surface area (Å²) >= 11 is 1.48. The molecule has 18 heavy (non-hydrogen) atoms. The predicted molar refractivity (Wildman–Crippen MR) is 72.6 cm³/mol. The monoisotopic (exact) mass is 271 g/mol. The summed E-state index contributed by atoms with van der Waals surface area (Å²) in [6, 6.07) is 3.75. The van der Waals surface area contributed by atoms with Crippen LogP contribution in [-0.2, 0) is 15.1 Å². The lowest BCUT2D eigenvalue weighted by Gasteiger charge is -2.22. The first kappa shape index (κ1) is 15.1. The summed E-state index contributed by atoms with van der Waals surface area (Å²) < 4.78 is 5.16. The lowest BCUT2D eigenvalue weighted by atomic mass is 10.1. The Balaban J connectivity index is 2.25. The number of amides is 1. The predicted octanol–water partition coefficient (Wildman–Crippen LogP) is 1.89. The molecule has 0 fully saturated rings. The lowest BCUT2D eigenvalue weighted by Crippen LogP contribution is -2.38. The molecule has 0 spiro atoms. The minimum absolute atomic E-state index is 0.0495. The van der Waals surface area contributed by atoms with Gasteiger partial charge in [-0.2, -0.15) is 0 Å². The summed E-state index contributed by atoms with van der Waals surface area (Å²) in [6.07, 6.45) is 1.14. The third-order valence-corrected chi connectivity index (χ3v) is 3.70. The van der Waals surface area contributed by atoms with Crippen LogP contribution in [0.25, 0.3) is 0 Å². The van der Waals surface area contributed by atoms with Crippen LogP contribution in [0.5, 0.6) is 0 Å². The standard InChI is InChI=1S/C13H21NO3S/c1-3-17-8-4-7-12(15)14-10-13(2,16)11-6-5-9-18-11/h5-6,9,16H,3-4,7-8,10H2,1-2H3,(H,14,15). The molecule has 5 heteroatoms. The molecule has 0 aromatic carbocycles. The van der Waals surface area contributed by atoms with Gasteiger partial charge in [-0.3, -0.25) is 4.79 Å². The molecule has 4 nitrogen and oxygen atoms in total. The van der Waals surface area contributed by atoms with Crippen LogP contribution in [0.2, 0.25) is 0 Å². The number of aliphatic hydroxyl groups is 1. The zero-order valence-corrected chi connectivity index (χ0v) is 11.8. The lowest BCUT2D eigenvalue weighted by molar-refractivity contribution is -0.122. The Morgan fingerprint density at radius 1 is 1.61 bits per heavy atom. The summed E-state index contributed by atoms with van der Waals surface area (Å²) in [5.41, 5.74) is -0.996. The molecule has 0 radical (unpaired) electrons. The van der Waals surface area contributed by atoms with Gasteiger partial charge in [-0.25, -0.2) is 0 Å².